The van der Waals surface area contributed by atoms with E-state index in [9.17, 15) is 4.79 Å². The predicted octanol–water partition coefficient (Wildman–Crippen LogP) is 4.41. The zero-order valence-corrected chi connectivity index (χ0v) is 20.1. The van der Waals surface area contributed by atoms with Crippen molar-refractivity contribution in [1.29, 1.82) is 0 Å². The minimum absolute atomic E-state index is 0.00767. The van der Waals surface area contributed by atoms with Crippen molar-refractivity contribution in [2.75, 3.05) is 24.4 Å². The van der Waals surface area contributed by atoms with Crippen molar-refractivity contribution < 1.29 is 14.3 Å². The van der Waals surface area contributed by atoms with E-state index in [2.05, 4.69) is 63.7 Å². The molecular formula is C26H37O3S+. The first-order valence-corrected chi connectivity index (χ1v) is 13.1. The molecule has 0 radical (unpaired) electrons. The lowest BCUT2D eigenvalue weighted by molar-refractivity contribution is -0.160. The van der Waals surface area contributed by atoms with Crippen molar-refractivity contribution in [3.8, 4) is 36.2 Å². The van der Waals surface area contributed by atoms with Crippen molar-refractivity contribution in [3.63, 3.8) is 0 Å². The molecule has 0 aromatic carbocycles. The first kappa shape index (κ1) is 24.6. The van der Waals surface area contributed by atoms with E-state index in [0.717, 1.165) is 30.8 Å². The normalized spacial score (nSPS) is 29.0. The molecule has 0 spiro atoms. The Hall–Kier alpha value is -1.70. The van der Waals surface area contributed by atoms with Crippen molar-refractivity contribution >= 4 is 16.9 Å². The van der Waals surface area contributed by atoms with Gasteiger partial charge in [-0.05, 0) is 59.2 Å². The average Bonchev–Trinajstić information content (AvgIpc) is 3.02. The summed E-state index contributed by atoms with van der Waals surface area (Å²) in [5, 5.41) is 0. The second kappa shape index (κ2) is 11.1. The van der Waals surface area contributed by atoms with Crippen LogP contribution in [0, 0.1) is 58.9 Å². The van der Waals surface area contributed by atoms with Gasteiger partial charge in [-0.15, -0.1) is 6.42 Å². The van der Waals surface area contributed by atoms with E-state index >= 15 is 0 Å². The van der Waals surface area contributed by atoms with Crippen molar-refractivity contribution in [1.82, 2.24) is 0 Å². The van der Waals surface area contributed by atoms with Gasteiger partial charge in [0.25, 0.3) is 0 Å². The van der Waals surface area contributed by atoms with Gasteiger partial charge in [0.2, 0.25) is 0 Å². The molecule has 0 N–H and O–H groups in total. The van der Waals surface area contributed by atoms with Gasteiger partial charge < -0.3 is 9.47 Å². The Kier molecular flexibility index (Phi) is 9.07. The minimum atomic E-state index is -0.00767. The van der Waals surface area contributed by atoms with E-state index in [1.54, 1.807) is 0 Å². The summed E-state index contributed by atoms with van der Waals surface area (Å²) in [6.45, 7) is 9.94. The third kappa shape index (κ3) is 5.50. The van der Waals surface area contributed by atoms with Gasteiger partial charge in [-0.1, -0.05) is 27.7 Å². The molecule has 2 rings (SSSR count). The van der Waals surface area contributed by atoms with Gasteiger partial charge in [-0.3, -0.25) is 4.79 Å². The Labute approximate surface area is 186 Å². The lowest BCUT2D eigenvalue weighted by Crippen LogP contribution is -2.41. The van der Waals surface area contributed by atoms with Gasteiger partial charge in [-0.2, -0.15) is 0 Å². The highest BCUT2D eigenvalue weighted by atomic mass is 32.2. The number of carbonyl (C=O) groups excluding carboxylic acids is 1. The number of hydrogen-bond acceptors (Lipinski definition) is 3. The maximum atomic E-state index is 12.6. The lowest BCUT2D eigenvalue weighted by Gasteiger charge is -2.39. The zero-order valence-electron chi connectivity index (χ0n) is 19.3. The highest BCUT2D eigenvalue weighted by Gasteiger charge is 2.66. The second-order valence-electron chi connectivity index (χ2n) is 9.38. The van der Waals surface area contributed by atoms with Crippen LogP contribution in [0.1, 0.15) is 66.2 Å². The van der Waals surface area contributed by atoms with Gasteiger partial charge >= 0.3 is 5.97 Å². The number of terminal acetylenes is 1. The van der Waals surface area contributed by atoms with Crippen LogP contribution in [0.5, 0.6) is 0 Å². The number of carbonyl (C=O) groups is 1. The van der Waals surface area contributed by atoms with Crippen LogP contribution in [0.4, 0.5) is 0 Å². The van der Waals surface area contributed by atoms with Crippen molar-refractivity contribution in [3.05, 3.63) is 0 Å². The lowest BCUT2D eigenvalue weighted by atomic mass is 9.70. The summed E-state index contributed by atoms with van der Waals surface area (Å²) in [4.78, 5) is 12.6. The van der Waals surface area contributed by atoms with Crippen molar-refractivity contribution in [2.45, 2.75) is 72.3 Å². The van der Waals surface area contributed by atoms with Gasteiger partial charge in [0.15, 0.2) is 0 Å². The van der Waals surface area contributed by atoms with Crippen molar-refractivity contribution in [2.24, 2.45) is 22.7 Å². The monoisotopic (exact) mass is 429 g/mol. The molecule has 2 fully saturated rings. The van der Waals surface area contributed by atoms with Crippen LogP contribution in [-0.2, 0) is 25.2 Å². The Balaban J connectivity index is 1.66. The third-order valence-corrected chi connectivity index (χ3v) is 9.54. The molecule has 2 saturated carbocycles. The van der Waals surface area contributed by atoms with Crippen LogP contribution >= 0.6 is 0 Å². The Morgan fingerprint density at radius 3 is 2.60 bits per heavy atom. The SMILES string of the molecule is C#CC#CC#COCCC[S@@+](C)CCCC(=O)OC1C(CC)C2CCC1(C)C2(C)C. The fourth-order valence-corrected chi connectivity index (χ4v) is 6.99. The first-order chi connectivity index (χ1) is 14.3. The summed E-state index contributed by atoms with van der Waals surface area (Å²) in [7, 11) is 0.278. The number of rotatable bonds is 10. The molecule has 164 valence electrons. The molecule has 0 amide bonds. The molecule has 4 unspecified atom stereocenters. The third-order valence-electron chi connectivity index (χ3n) is 7.57. The standard InChI is InChI=1S/C26H37O3S/c1-7-9-10-11-17-28-18-13-20-30(6)19-12-14-23(27)29-24-21(8-2)22-15-16-26(24,5)25(22,3)4/h1,21-22,24H,8,12-16,18-20H2,2-6H3/q+1/t21?,22?,24?,26?,30-/m0/s1. The Morgan fingerprint density at radius 2 is 1.90 bits per heavy atom. The molecule has 0 saturated heterocycles. The maximum Gasteiger partial charge on any atom is 0.306 e. The highest BCUT2D eigenvalue weighted by molar-refractivity contribution is 7.96. The summed E-state index contributed by atoms with van der Waals surface area (Å²) in [5.41, 5.74) is 0.382. The number of esters is 1. The topological polar surface area (TPSA) is 35.5 Å². The van der Waals surface area contributed by atoms with E-state index < -0.39 is 0 Å². The predicted molar refractivity (Wildman–Crippen MR) is 125 cm³/mol. The molecule has 3 nitrogen and oxygen atoms in total. The van der Waals surface area contributed by atoms with E-state index in [1.165, 1.54) is 12.8 Å². The summed E-state index contributed by atoms with van der Waals surface area (Å²) >= 11 is 0. The molecule has 2 aliphatic rings. The molecule has 0 aliphatic heterocycles. The molecule has 30 heavy (non-hydrogen) atoms. The summed E-state index contributed by atoms with van der Waals surface area (Å²) in [5.74, 6) is 13.0. The molecule has 5 atom stereocenters. The van der Waals surface area contributed by atoms with Gasteiger partial charge in [0.05, 0.1) is 6.26 Å². The molecule has 2 aliphatic carbocycles. The van der Waals surface area contributed by atoms with E-state index in [1.807, 2.05) is 0 Å². The van der Waals surface area contributed by atoms with Crippen LogP contribution < -0.4 is 0 Å². The minimum Gasteiger partial charge on any atom is -0.461 e. The fourth-order valence-electron chi connectivity index (χ4n) is 5.54. The smallest absolute Gasteiger partial charge is 0.306 e. The number of ether oxygens (including phenoxy) is 2. The van der Waals surface area contributed by atoms with E-state index in [-0.39, 0.29) is 33.8 Å². The molecule has 0 aromatic heterocycles. The van der Waals surface area contributed by atoms with Crippen LogP contribution in [0.25, 0.3) is 0 Å². The summed E-state index contributed by atoms with van der Waals surface area (Å²) in [6, 6.07) is 0. The number of hydrogen-bond donors (Lipinski definition) is 0. The molecule has 0 heterocycles. The fraction of sp³-hybridized carbons (Fsp3) is 0.731. The van der Waals surface area contributed by atoms with Gasteiger partial charge in [0.1, 0.15) is 30.3 Å². The first-order valence-electron chi connectivity index (χ1n) is 11.1. The molecule has 2 bridgehead atoms. The highest BCUT2D eigenvalue weighted by Crippen LogP contribution is 2.69. The van der Waals surface area contributed by atoms with Gasteiger partial charge in [0, 0.05) is 36.5 Å². The van der Waals surface area contributed by atoms with Crippen LogP contribution in [-0.4, -0.2) is 36.4 Å². The van der Waals surface area contributed by atoms with Gasteiger partial charge in [-0.25, -0.2) is 0 Å². The average molecular weight is 430 g/mol. The summed E-state index contributed by atoms with van der Waals surface area (Å²) in [6.07, 6.45) is 15.8. The molecule has 4 heteroatoms. The van der Waals surface area contributed by atoms with Crippen LogP contribution in [0.2, 0.25) is 0 Å². The second-order valence-corrected chi connectivity index (χ2v) is 11.8. The summed E-state index contributed by atoms with van der Waals surface area (Å²) < 4.78 is 11.3. The largest absolute Gasteiger partial charge is 0.461 e. The quantitative estimate of drug-likeness (QED) is 0.223. The Morgan fingerprint density at radius 1 is 1.17 bits per heavy atom. The molecular weight excluding hydrogens is 392 g/mol. The Bertz CT molecular complexity index is 757. The van der Waals surface area contributed by atoms with Crippen LogP contribution in [0.3, 0.4) is 0 Å². The van der Waals surface area contributed by atoms with E-state index in [4.69, 9.17) is 15.9 Å². The van der Waals surface area contributed by atoms with Crippen LogP contribution in [0.15, 0.2) is 0 Å². The zero-order chi connectivity index (χ0) is 22.2. The molecule has 0 aromatic rings. The maximum absolute atomic E-state index is 12.6. The number of fused-ring (bicyclic) bond motifs is 2. The van der Waals surface area contributed by atoms with E-state index in [0.29, 0.717) is 24.9 Å².